The van der Waals surface area contributed by atoms with Gasteiger partial charge in [-0.1, -0.05) is 41.9 Å². The average Bonchev–Trinajstić information content (AvgIpc) is 2.31. The van der Waals surface area contributed by atoms with Crippen molar-refractivity contribution in [2.45, 2.75) is 0 Å². The zero-order valence-electron chi connectivity index (χ0n) is 8.43. The maximum absolute atomic E-state index is 8.69. The van der Waals surface area contributed by atoms with Gasteiger partial charge in [0, 0.05) is 10.6 Å². The summed E-state index contributed by atoms with van der Waals surface area (Å²) in [4.78, 5) is 0. The van der Waals surface area contributed by atoms with E-state index >= 15 is 0 Å². The SMILES string of the molecule is O[B]Oc1cc(Cl)ccc1-c1ccccc1. The molecule has 0 aliphatic heterocycles. The summed E-state index contributed by atoms with van der Waals surface area (Å²) in [6.45, 7) is 0. The highest BCUT2D eigenvalue weighted by atomic mass is 35.5. The molecule has 1 N–H and O–H groups in total. The van der Waals surface area contributed by atoms with Crippen molar-refractivity contribution in [1.82, 2.24) is 0 Å². The maximum atomic E-state index is 8.69. The lowest BCUT2D eigenvalue weighted by molar-refractivity contribution is 0.455. The molecule has 2 aromatic rings. The van der Waals surface area contributed by atoms with Crippen LogP contribution >= 0.6 is 11.6 Å². The fraction of sp³-hybridized carbons (Fsp3) is 0. The molecule has 0 unspecified atom stereocenters. The molecule has 0 aliphatic carbocycles. The third-order valence-corrected chi connectivity index (χ3v) is 2.44. The lowest BCUT2D eigenvalue weighted by atomic mass is 10.0. The highest BCUT2D eigenvalue weighted by molar-refractivity contribution is 6.31. The third kappa shape index (κ3) is 2.38. The molecule has 0 saturated heterocycles. The predicted molar refractivity (Wildman–Crippen MR) is 65.5 cm³/mol. The van der Waals surface area contributed by atoms with E-state index in [1.807, 2.05) is 36.4 Å². The van der Waals surface area contributed by atoms with Crippen LogP contribution in [-0.4, -0.2) is 12.7 Å². The highest BCUT2D eigenvalue weighted by Crippen LogP contribution is 2.32. The summed E-state index contributed by atoms with van der Waals surface area (Å²) in [5, 5.41) is 9.26. The van der Waals surface area contributed by atoms with E-state index in [1.165, 1.54) is 0 Å². The minimum Gasteiger partial charge on any atom is -0.537 e. The molecule has 0 fully saturated rings. The zero-order valence-corrected chi connectivity index (χ0v) is 9.19. The lowest BCUT2D eigenvalue weighted by Gasteiger charge is -2.09. The maximum Gasteiger partial charge on any atom is 0.569 e. The van der Waals surface area contributed by atoms with Crippen molar-refractivity contribution in [1.29, 1.82) is 0 Å². The van der Waals surface area contributed by atoms with Crippen LogP contribution in [0.3, 0.4) is 0 Å². The molecular weight excluding hydrogens is 222 g/mol. The van der Waals surface area contributed by atoms with Gasteiger partial charge in [0.2, 0.25) is 0 Å². The molecule has 16 heavy (non-hydrogen) atoms. The monoisotopic (exact) mass is 231 g/mol. The number of hydrogen-bond acceptors (Lipinski definition) is 2. The van der Waals surface area contributed by atoms with E-state index in [4.69, 9.17) is 21.3 Å². The van der Waals surface area contributed by atoms with Gasteiger partial charge in [0.15, 0.2) is 0 Å². The Balaban J connectivity index is 2.48. The van der Waals surface area contributed by atoms with E-state index < -0.39 is 0 Å². The summed E-state index contributed by atoms with van der Waals surface area (Å²) in [7, 11) is 0.651. The Morgan fingerprint density at radius 3 is 2.50 bits per heavy atom. The van der Waals surface area contributed by atoms with Gasteiger partial charge in [-0.05, 0) is 23.8 Å². The summed E-state index contributed by atoms with van der Waals surface area (Å²) in [5.41, 5.74) is 1.89. The smallest absolute Gasteiger partial charge is 0.537 e. The molecule has 2 aromatic carbocycles. The molecule has 0 bridgehead atoms. The van der Waals surface area contributed by atoms with E-state index in [9.17, 15) is 0 Å². The molecule has 0 amide bonds. The Bertz CT molecular complexity index is 474. The molecule has 2 rings (SSSR count). The molecule has 79 valence electrons. The highest BCUT2D eigenvalue weighted by Gasteiger charge is 2.06. The largest absolute Gasteiger partial charge is 0.569 e. The van der Waals surface area contributed by atoms with Crippen molar-refractivity contribution >= 4 is 19.3 Å². The molecule has 4 heteroatoms. The average molecular weight is 231 g/mol. The Labute approximate surface area is 99.8 Å². The van der Waals surface area contributed by atoms with Crippen LogP contribution in [0.5, 0.6) is 5.75 Å². The second-order valence-electron chi connectivity index (χ2n) is 3.23. The summed E-state index contributed by atoms with van der Waals surface area (Å²) >= 11 is 5.86. The first-order valence-electron chi connectivity index (χ1n) is 4.79. The van der Waals surface area contributed by atoms with E-state index in [2.05, 4.69) is 0 Å². The standard InChI is InChI=1S/C12H9BClO2/c14-10-6-7-11(12(8-10)16-13-15)9-4-2-1-3-5-9/h1-8,15H. The molecule has 0 atom stereocenters. The lowest BCUT2D eigenvalue weighted by Crippen LogP contribution is -2.01. The van der Waals surface area contributed by atoms with Gasteiger partial charge in [0.1, 0.15) is 5.75 Å². The topological polar surface area (TPSA) is 29.5 Å². The minimum absolute atomic E-state index is 0.529. The fourth-order valence-corrected chi connectivity index (χ4v) is 1.67. The number of halogens is 1. The first-order chi connectivity index (χ1) is 7.81. The van der Waals surface area contributed by atoms with Crippen LogP contribution in [0.4, 0.5) is 0 Å². The quantitative estimate of drug-likeness (QED) is 0.823. The van der Waals surface area contributed by atoms with Crippen molar-refractivity contribution in [2.24, 2.45) is 0 Å². The van der Waals surface area contributed by atoms with Crippen LogP contribution in [0.25, 0.3) is 11.1 Å². The second kappa shape index (κ2) is 5.06. The van der Waals surface area contributed by atoms with Gasteiger partial charge in [-0.25, -0.2) is 0 Å². The number of rotatable bonds is 3. The van der Waals surface area contributed by atoms with Crippen molar-refractivity contribution < 1.29 is 9.68 Å². The molecule has 0 heterocycles. The van der Waals surface area contributed by atoms with Gasteiger partial charge < -0.3 is 9.68 Å². The molecule has 0 aromatic heterocycles. The van der Waals surface area contributed by atoms with Gasteiger partial charge in [-0.2, -0.15) is 0 Å². The Hall–Kier alpha value is -1.45. The van der Waals surface area contributed by atoms with Crippen LogP contribution in [0.15, 0.2) is 48.5 Å². The van der Waals surface area contributed by atoms with Crippen molar-refractivity contribution in [3.05, 3.63) is 53.6 Å². The van der Waals surface area contributed by atoms with Gasteiger partial charge in [0.25, 0.3) is 0 Å². The Morgan fingerprint density at radius 2 is 1.81 bits per heavy atom. The van der Waals surface area contributed by atoms with Crippen LogP contribution in [-0.2, 0) is 0 Å². The van der Waals surface area contributed by atoms with Gasteiger partial charge in [-0.3, -0.25) is 0 Å². The van der Waals surface area contributed by atoms with Gasteiger partial charge in [0.05, 0.1) is 0 Å². The molecule has 0 aliphatic rings. The summed E-state index contributed by atoms with van der Waals surface area (Å²) in [6.07, 6.45) is 0. The van der Waals surface area contributed by atoms with E-state index in [-0.39, 0.29) is 0 Å². The van der Waals surface area contributed by atoms with Crippen LogP contribution < -0.4 is 4.65 Å². The van der Waals surface area contributed by atoms with Crippen LogP contribution in [0, 0.1) is 0 Å². The van der Waals surface area contributed by atoms with Crippen molar-refractivity contribution in [3.8, 4) is 16.9 Å². The fourth-order valence-electron chi connectivity index (χ4n) is 1.51. The van der Waals surface area contributed by atoms with Gasteiger partial charge in [-0.15, -0.1) is 0 Å². The Kier molecular flexibility index (Phi) is 3.49. The zero-order chi connectivity index (χ0) is 11.4. The molecule has 1 radical (unpaired) electrons. The number of benzene rings is 2. The van der Waals surface area contributed by atoms with Crippen LogP contribution in [0.1, 0.15) is 0 Å². The van der Waals surface area contributed by atoms with E-state index in [1.54, 1.807) is 12.1 Å². The minimum atomic E-state index is 0.529. The summed E-state index contributed by atoms with van der Waals surface area (Å²) < 4.78 is 5.02. The third-order valence-electron chi connectivity index (χ3n) is 2.21. The van der Waals surface area contributed by atoms with E-state index in [0.717, 1.165) is 11.1 Å². The normalized spacial score (nSPS) is 9.88. The first-order valence-corrected chi connectivity index (χ1v) is 5.16. The second-order valence-corrected chi connectivity index (χ2v) is 3.67. The summed E-state index contributed by atoms with van der Waals surface area (Å²) in [5.74, 6) is 0.529. The summed E-state index contributed by atoms with van der Waals surface area (Å²) in [6, 6.07) is 15.1. The number of hydrogen-bond donors (Lipinski definition) is 1. The molecular formula is C12H9BClO2. The molecule has 0 saturated carbocycles. The predicted octanol–water partition coefficient (Wildman–Crippen LogP) is 2.91. The van der Waals surface area contributed by atoms with Crippen LogP contribution in [0.2, 0.25) is 5.02 Å². The van der Waals surface area contributed by atoms with Crippen molar-refractivity contribution in [3.63, 3.8) is 0 Å². The Morgan fingerprint density at radius 1 is 1.06 bits per heavy atom. The molecule has 0 spiro atoms. The van der Waals surface area contributed by atoms with Crippen molar-refractivity contribution in [2.75, 3.05) is 0 Å². The van der Waals surface area contributed by atoms with Gasteiger partial charge >= 0.3 is 7.69 Å². The molecule has 2 nitrogen and oxygen atoms in total. The first kappa shape index (κ1) is 11.1. The van der Waals surface area contributed by atoms with E-state index in [0.29, 0.717) is 18.5 Å².